The van der Waals surface area contributed by atoms with Crippen LogP contribution in [0.25, 0.3) is 0 Å². The summed E-state index contributed by atoms with van der Waals surface area (Å²) < 4.78 is 48.3. The number of carbonyl (C=O) groups excluding carboxylic acids is 1. The van der Waals surface area contributed by atoms with Crippen LogP contribution < -0.4 is 15.4 Å². The number of hydrogen-bond donors (Lipinski definition) is 2. The summed E-state index contributed by atoms with van der Waals surface area (Å²) in [5.41, 5.74) is 1.97. The summed E-state index contributed by atoms with van der Waals surface area (Å²) in [5, 5.41) is 5.84. The Morgan fingerprint density at radius 2 is 1.94 bits per heavy atom. The van der Waals surface area contributed by atoms with Gasteiger partial charge in [-0.1, -0.05) is 36.8 Å². The minimum atomic E-state index is -4.46. The normalized spacial score (nSPS) is 18.2. The lowest BCUT2D eigenvalue weighted by atomic mass is 9.54. The van der Waals surface area contributed by atoms with Crippen molar-refractivity contribution >= 4 is 6.03 Å². The smallest absolute Gasteiger partial charge is 0.422 e. The molecule has 4 rings (SSSR count). The van der Waals surface area contributed by atoms with Gasteiger partial charge in [-0.05, 0) is 48.3 Å². The summed E-state index contributed by atoms with van der Waals surface area (Å²) in [6.45, 7) is -0.997. The molecule has 0 unspecified atom stereocenters. The minimum absolute atomic E-state index is 0.150. The lowest BCUT2D eigenvalue weighted by molar-refractivity contribution is -0.154. The number of aromatic nitrogens is 1. The number of benzene rings is 1. The Kier molecular flexibility index (Phi) is 7.07. The zero-order valence-corrected chi connectivity index (χ0v) is 18.2. The van der Waals surface area contributed by atoms with Gasteiger partial charge in [-0.25, -0.2) is 9.78 Å². The van der Waals surface area contributed by atoms with E-state index in [4.69, 9.17) is 9.47 Å². The summed E-state index contributed by atoms with van der Waals surface area (Å²) in [4.78, 5) is 16.3. The van der Waals surface area contributed by atoms with Crippen LogP contribution in [0, 0.1) is 5.41 Å². The van der Waals surface area contributed by atoms with Crippen molar-refractivity contribution in [2.24, 2.45) is 5.41 Å². The Balaban J connectivity index is 1.35. The quantitative estimate of drug-likeness (QED) is 0.554. The van der Waals surface area contributed by atoms with Crippen LogP contribution in [0.5, 0.6) is 5.88 Å². The Morgan fingerprint density at radius 3 is 2.61 bits per heavy atom. The lowest BCUT2D eigenvalue weighted by Crippen LogP contribution is -2.55. The van der Waals surface area contributed by atoms with Crippen LogP contribution in [0.1, 0.15) is 49.3 Å². The number of pyridine rings is 1. The SMILES string of the molecule is O=C(NC[C@@H](OCc1ccccc1)c1ccnc(OCC(F)(F)F)c1)NC1CC2(CCC2)C1. The van der Waals surface area contributed by atoms with Crippen molar-refractivity contribution in [3.05, 3.63) is 59.8 Å². The molecule has 0 saturated heterocycles. The molecule has 178 valence electrons. The average Bonchev–Trinajstić information content (AvgIpc) is 2.73. The fraction of sp³-hybridized carbons (Fsp3) is 0.500. The molecule has 6 nitrogen and oxygen atoms in total. The molecular weight excluding hydrogens is 435 g/mol. The van der Waals surface area contributed by atoms with Crippen molar-refractivity contribution in [1.82, 2.24) is 15.6 Å². The molecule has 2 N–H and O–H groups in total. The predicted molar refractivity (Wildman–Crippen MR) is 116 cm³/mol. The summed E-state index contributed by atoms with van der Waals surface area (Å²) in [5.74, 6) is -0.150. The molecule has 2 aliphatic rings. The highest BCUT2D eigenvalue weighted by Crippen LogP contribution is 2.55. The maximum atomic E-state index is 12.5. The highest BCUT2D eigenvalue weighted by atomic mass is 19.4. The van der Waals surface area contributed by atoms with Gasteiger partial charge in [0.1, 0.15) is 6.10 Å². The second kappa shape index (κ2) is 9.99. The number of halogens is 3. The lowest BCUT2D eigenvalue weighted by Gasteiger charge is -2.54. The number of rotatable bonds is 9. The van der Waals surface area contributed by atoms with E-state index in [1.54, 1.807) is 6.07 Å². The van der Waals surface area contributed by atoms with Crippen molar-refractivity contribution < 1.29 is 27.4 Å². The second-order valence-electron chi connectivity index (χ2n) is 8.93. The van der Waals surface area contributed by atoms with E-state index in [9.17, 15) is 18.0 Å². The van der Waals surface area contributed by atoms with Crippen molar-refractivity contribution in [3.63, 3.8) is 0 Å². The van der Waals surface area contributed by atoms with Gasteiger partial charge >= 0.3 is 12.2 Å². The third-order valence-corrected chi connectivity index (χ3v) is 6.36. The van der Waals surface area contributed by atoms with Gasteiger partial charge in [-0.3, -0.25) is 0 Å². The first-order valence-corrected chi connectivity index (χ1v) is 11.2. The van der Waals surface area contributed by atoms with Gasteiger partial charge in [0.05, 0.1) is 6.61 Å². The molecule has 1 aromatic heterocycles. The maximum Gasteiger partial charge on any atom is 0.422 e. The van der Waals surface area contributed by atoms with Gasteiger partial charge in [0, 0.05) is 24.8 Å². The highest BCUT2D eigenvalue weighted by molar-refractivity contribution is 5.74. The fourth-order valence-corrected chi connectivity index (χ4v) is 4.50. The molecule has 9 heteroatoms. The van der Waals surface area contributed by atoms with E-state index in [1.807, 2.05) is 30.3 Å². The monoisotopic (exact) mass is 463 g/mol. The standard InChI is InChI=1S/C24H28F3N3O3/c25-24(26,27)16-33-21-11-18(7-10-28-21)20(32-15-17-5-2-1-3-6-17)14-29-22(31)30-19-12-23(13-19)8-4-9-23/h1-3,5-7,10-11,19-20H,4,8-9,12-16H2,(H2,29,30,31)/t20-/m1/s1. The molecule has 1 atom stereocenters. The van der Waals surface area contributed by atoms with Crippen molar-refractivity contribution in [3.8, 4) is 5.88 Å². The summed E-state index contributed by atoms with van der Waals surface area (Å²) >= 11 is 0. The molecule has 1 aromatic carbocycles. The van der Waals surface area contributed by atoms with Gasteiger partial charge in [-0.15, -0.1) is 0 Å². The molecule has 2 aliphatic carbocycles. The Hall–Kier alpha value is -2.81. The topological polar surface area (TPSA) is 72.5 Å². The molecule has 2 saturated carbocycles. The number of nitrogens with zero attached hydrogens (tertiary/aromatic N) is 1. The predicted octanol–water partition coefficient (Wildman–Crippen LogP) is 4.91. The van der Waals surface area contributed by atoms with Crippen molar-refractivity contribution in [2.45, 2.75) is 57.0 Å². The van der Waals surface area contributed by atoms with Crippen LogP contribution in [-0.4, -0.2) is 36.4 Å². The highest BCUT2D eigenvalue weighted by Gasteiger charge is 2.48. The van der Waals surface area contributed by atoms with Crippen LogP contribution in [0.3, 0.4) is 0 Å². The molecule has 0 radical (unpaired) electrons. The van der Waals surface area contributed by atoms with Gasteiger partial charge in [-0.2, -0.15) is 13.2 Å². The first-order chi connectivity index (χ1) is 15.8. The number of carbonyl (C=O) groups is 1. The Morgan fingerprint density at radius 1 is 1.18 bits per heavy atom. The van der Waals surface area contributed by atoms with Gasteiger partial charge in [0.2, 0.25) is 5.88 Å². The first kappa shape index (κ1) is 23.4. The van der Waals surface area contributed by atoms with Crippen LogP contribution in [-0.2, 0) is 11.3 Å². The zero-order valence-electron chi connectivity index (χ0n) is 18.2. The molecule has 1 heterocycles. The van der Waals surface area contributed by atoms with E-state index in [0.29, 0.717) is 11.0 Å². The largest absolute Gasteiger partial charge is 0.468 e. The van der Waals surface area contributed by atoms with E-state index in [-0.39, 0.29) is 31.1 Å². The number of amides is 2. The van der Waals surface area contributed by atoms with E-state index in [1.165, 1.54) is 31.5 Å². The third kappa shape index (κ3) is 6.60. The molecule has 1 spiro atoms. The molecule has 2 amide bonds. The Bertz CT molecular complexity index is 927. The second-order valence-corrected chi connectivity index (χ2v) is 8.93. The van der Waals surface area contributed by atoms with Crippen LogP contribution in [0.4, 0.5) is 18.0 Å². The van der Waals surface area contributed by atoms with Crippen LogP contribution >= 0.6 is 0 Å². The number of alkyl halides is 3. The van der Waals surface area contributed by atoms with Gasteiger partial charge < -0.3 is 20.1 Å². The molecule has 2 fully saturated rings. The minimum Gasteiger partial charge on any atom is -0.468 e. The first-order valence-electron chi connectivity index (χ1n) is 11.2. The van der Waals surface area contributed by atoms with E-state index < -0.39 is 18.9 Å². The van der Waals surface area contributed by atoms with Crippen LogP contribution in [0.2, 0.25) is 0 Å². The average molecular weight is 464 g/mol. The summed E-state index contributed by atoms with van der Waals surface area (Å²) in [6, 6.07) is 12.5. The molecule has 0 aliphatic heterocycles. The molecule has 33 heavy (non-hydrogen) atoms. The van der Waals surface area contributed by atoms with E-state index in [0.717, 1.165) is 18.4 Å². The van der Waals surface area contributed by atoms with E-state index >= 15 is 0 Å². The number of ether oxygens (including phenoxy) is 2. The van der Waals surface area contributed by atoms with E-state index in [2.05, 4.69) is 15.6 Å². The van der Waals surface area contributed by atoms with Crippen LogP contribution in [0.15, 0.2) is 48.7 Å². The third-order valence-electron chi connectivity index (χ3n) is 6.36. The maximum absolute atomic E-state index is 12.5. The number of nitrogens with one attached hydrogen (secondary N) is 2. The van der Waals surface area contributed by atoms with Gasteiger partial charge in [0.15, 0.2) is 6.61 Å². The molecular formula is C24H28F3N3O3. The number of urea groups is 1. The zero-order chi connectivity index (χ0) is 23.3. The summed E-state index contributed by atoms with van der Waals surface area (Å²) in [6.07, 6.45) is 2.15. The van der Waals surface area contributed by atoms with Crippen molar-refractivity contribution in [1.29, 1.82) is 0 Å². The fourth-order valence-electron chi connectivity index (χ4n) is 4.50. The summed E-state index contributed by atoms with van der Waals surface area (Å²) in [7, 11) is 0. The molecule has 0 bridgehead atoms. The van der Waals surface area contributed by atoms with Crippen molar-refractivity contribution in [2.75, 3.05) is 13.2 Å². The van der Waals surface area contributed by atoms with Gasteiger partial charge in [0.25, 0.3) is 0 Å². The molecule has 2 aromatic rings. The Labute approximate surface area is 190 Å². The number of hydrogen-bond acceptors (Lipinski definition) is 4.